The summed E-state index contributed by atoms with van der Waals surface area (Å²) >= 11 is 2.10. The van der Waals surface area contributed by atoms with Crippen LogP contribution in [0.15, 0.2) is 11.8 Å². The molecule has 0 aromatic rings. The summed E-state index contributed by atoms with van der Waals surface area (Å²) in [6.07, 6.45) is 5.87. The van der Waals surface area contributed by atoms with E-state index < -0.39 is 0 Å². The third kappa shape index (κ3) is 4.05. The zero-order chi connectivity index (χ0) is 8.81. The van der Waals surface area contributed by atoms with Crippen LogP contribution in [-0.4, -0.2) is 17.6 Å². The zero-order valence-corrected chi connectivity index (χ0v) is 8.82. The Morgan fingerprint density at radius 2 is 2.42 bits per heavy atom. The maximum Gasteiger partial charge on any atom is 0.0883 e. The average molecular weight is 186 g/mol. The van der Waals surface area contributed by atoms with E-state index >= 15 is 0 Å². The molecule has 0 aliphatic carbocycles. The molecule has 1 rings (SSSR count). The van der Waals surface area contributed by atoms with E-state index in [4.69, 9.17) is 4.74 Å². The highest BCUT2D eigenvalue weighted by molar-refractivity contribution is 8.00. The first-order valence-corrected chi connectivity index (χ1v) is 5.70. The first-order chi connectivity index (χ1) is 5.79. The Kier molecular flexibility index (Phi) is 4.59. The van der Waals surface area contributed by atoms with Crippen molar-refractivity contribution in [1.29, 1.82) is 0 Å². The molecule has 0 aromatic carbocycles. The summed E-state index contributed by atoms with van der Waals surface area (Å²) in [7, 11) is 0. The fraction of sp³-hybridized carbons (Fsp3) is 0.800. The van der Waals surface area contributed by atoms with Crippen molar-refractivity contribution in [3.63, 3.8) is 0 Å². The van der Waals surface area contributed by atoms with Gasteiger partial charge in [-0.05, 0) is 44.4 Å². The van der Waals surface area contributed by atoms with Gasteiger partial charge in [-0.2, -0.15) is 11.8 Å². The molecular formula is C10H18OS. The molecule has 1 nitrogen and oxygen atoms in total. The van der Waals surface area contributed by atoms with Crippen molar-refractivity contribution in [2.45, 2.75) is 38.4 Å². The van der Waals surface area contributed by atoms with E-state index in [0.717, 1.165) is 11.9 Å². The zero-order valence-electron chi connectivity index (χ0n) is 8.01. The van der Waals surface area contributed by atoms with Gasteiger partial charge < -0.3 is 4.74 Å². The van der Waals surface area contributed by atoms with Crippen LogP contribution in [0.2, 0.25) is 0 Å². The number of rotatable bonds is 4. The Bertz CT molecular complexity index is 144. The van der Waals surface area contributed by atoms with E-state index in [1.165, 1.54) is 30.6 Å². The van der Waals surface area contributed by atoms with Crippen molar-refractivity contribution < 1.29 is 4.74 Å². The average Bonchev–Trinajstić information content (AvgIpc) is 2.49. The smallest absolute Gasteiger partial charge is 0.0883 e. The summed E-state index contributed by atoms with van der Waals surface area (Å²) in [5, 5.41) is 0.871. The molecule has 0 amide bonds. The minimum absolute atomic E-state index is 0.871. The SMILES string of the molecule is CC(C)=COCCC1CCCS1. The maximum absolute atomic E-state index is 5.38. The molecule has 1 fully saturated rings. The minimum Gasteiger partial charge on any atom is -0.501 e. The van der Waals surface area contributed by atoms with Gasteiger partial charge in [0.15, 0.2) is 0 Å². The highest BCUT2D eigenvalue weighted by atomic mass is 32.2. The molecule has 1 aliphatic heterocycles. The fourth-order valence-corrected chi connectivity index (χ4v) is 2.56. The monoisotopic (exact) mass is 186 g/mol. The number of hydrogen-bond donors (Lipinski definition) is 0. The molecule has 1 aliphatic rings. The van der Waals surface area contributed by atoms with Crippen molar-refractivity contribution in [2.24, 2.45) is 0 Å². The van der Waals surface area contributed by atoms with Crippen LogP contribution in [0, 0.1) is 0 Å². The Balaban J connectivity index is 1.98. The molecule has 1 unspecified atom stereocenters. The third-order valence-corrected chi connectivity index (χ3v) is 3.37. The van der Waals surface area contributed by atoms with Crippen molar-refractivity contribution in [2.75, 3.05) is 12.4 Å². The van der Waals surface area contributed by atoms with Crippen LogP contribution in [0.4, 0.5) is 0 Å². The largest absolute Gasteiger partial charge is 0.501 e. The van der Waals surface area contributed by atoms with Crippen molar-refractivity contribution in [3.8, 4) is 0 Å². The van der Waals surface area contributed by atoms with Gasteiger partial charge in [-0.3, -0.25) is 0 Å². The van der Waals surface area contributed by atoms with E-state index in [1.54, 1.807) is 0 Å². The van der Waals surface area contributed by atoms with Gasteiger partial charge in [0.05, 0.1) is 12.9 Å². The lowest BCUT2D eigenvalue weighted by atomic mass is 10.2. The topological polar surface area (TPSA) is 9.23 Å². The number of allylic oxidation sites excluding steroid dienone is 1. The summed E-state index contributed by atoms with van der Waals surface area (Å²) in [6, 6.07) is 0. The van der Waals surface area contributed by atoms with Crippen LogP contribution in [-0.2, 0) is 4.74 Å². The number of thioether (sulfide) groups is 1. The van der Waals surface area contributed by atoms with Gasteiger partial charge in [-0.15, -0.1) is 0 Å². The van der Waals surface area contributed by atoms with Crippen molar-refractivity contribution >= 4 is 11.8 Å². The Labute approximate surface area is 79.6 Å². The Morgan fingerprint density at radius 1 is 1.58 bits per heavy atom. The van der Waals surface area contributed by atoms with Crippen LogP contribution >= 0.6 is 11.8 Å². The molecule has 1 saturated heterocycles. The van der Waals surface area contributed by atoms with Gasteiger partial charge in [0.2, 0.25) is 0 Å². The maximum atomic E-state index is 5.38. The van der Waals surface area contributed by atoms with E-state index in [-0.39, 0.29) is 0 Å². The molecule has 0 radical (unpaired) electrons. The summed E-state index contributed by atoms with van der Waals surface area (Å²) in [5.41, 5.74) is 1.24. The van der Waals surface area contributed by atoms with Crippen LogP contribution in [0.25, 0.3) is 0 Å². The molecule has 1 heterocycles. The molecule has 70 valence electrons. The predicted molar refractivity (Wildman–Crippen MR) is 55.5 cm³/mol. The van der Waals surface area contributed by atoms with E-state index in [1.807, 2.05) is 6.26 Å². The lowest BCUT2D eigenvalue weighted by Crippen LogP contribution is -2.01. The lowest BCUT2D eigenvalue weighted by molar-refractivity contribution is 0.240. The Hall–Kier alpha value is -0.110. The molecule has 0 aromatic heterocycles. The number of hydrogen-bond acceptors (Lipinski definition) is 2. The second-order valence-corrected chi connectivity index (χ2v) is 4.90. The van der Waals surface area contributed by atoms with Crippen molar-refractivity contribution in [1.82, 2.24) is 0 Å². The van der Waals surface area contributed by atoms with Crippen LogP contribution < -0.4 is 0 Å². The molecular weight excluding hydrogens is 168 g/mol. The molecule has 0 bridgehead atoms. The quantitative estimate of drug-likeness (QED) is 0.492. The van der Waals surface area contributed by atoms with Gasteiger partial charge in [0.1, 0.15) is 0 Å². The minimum atomic E-state index is 0.871. The normalized spacial score (nSPS) is 22.3. The van der Waals surface area contributed by atoms with Gasteiger partial charge in [-0.1, -0.05) is 0 Å². The number of ether oxygens (including phenoxy) is 1. The van der Waals surface area contributed by atoms with Gasteiger partial charge in [0.25, 0.3) is 0 Å². The first kappa shape index (κ1) is 9.97. The predicted octanol–water partition coefficient (Wildman–Crippen LogP) is 3.21. The second-order valence-electron chi connectivity index (χ2n) is 3.49. The molecule has 0 saturated carbocycles. The fourth-order valence-electron chi connectivity index (χ4n) is 1.30. The molecule has 2 heteroatoms. The molecule has 1 atom stereocenters. The van der Waals surface area contributed by atoms with Crippen molar-refractivity contribution in [3.05, 3.63) is 11.8 Å². The van der Waals surface area contributed by atoms with E-state index in [0.29, 0.717) is 0 Å². The van der Waals surface area contributed by atoms with Gasteiger partial charge in [0, 0.05) is 5.25 Å². The summed E-state index contributed by atoms with van der Waals surface area (Å²) in [4.78, 5) is 0. The highest BCUT2D eigenvalue weighted by Gasteiger charge is 2.14. The third-order valence-electron chi connectivity index (χ3n) is 1.90. The van der Waals surface area contributed by atoms with E-state index in [9.17, 15) is 0 Å². The standard InChI is InChI=1S/C10H18OS/c1-9(2)8-11-6-5-10-4-3-7-12-10/h8,10H,3-7H2,1-2H3. The molecule has 12 heavy (non-hydrogen) atoms. The van der Waals surface area contributed by atoms with Crippen LogP contribution in [0.1, 0.15) is 33.1 Å². The molecule has 0 spiro atoms. The summed E-state index contributed by atoms with van der Waals surface area (Å²) < 4.78 is 5.38. The first-order valence-electron chi connectivity index (χ1n) is 4.65. The van der Waals surface area contributed by atoms with E-state index in [2.05, 4.69) is 25.6 Å². The van der Waals surface area contributed by atoms with Crippen LogP contribution in [0.5, 0.6) is 0 Å². The summed E-state index contributed by atoms with van der Waals surface area (Å²) in [5.74, 6) is 1.35. The second kappa shape index (κ2) is 5.52. The summed E-state index contributed by atoms with van der Waals surface area (Å²) in [6.45, 7) is 5.01. The van der Waals surface area contributed by atoms with Crippen LogP contribution in [0.3, 0.4) is 0 Å². The van der Waals surface area contributed by atoms with Gasteiger partial charge in [-0.25, -0.2) is 0 Å². The van der Waals surface area contributed by atoms with Gasteiger partial charge >= 0.3 is 0 Å². The molecule has 0 N–H and O–H groups in total. The lowest BCUT2D eigenvalue weighted by Gasteiger charge is -2.07. The highest BCUT2D eigenvalue weighted by Crippen LogP contribution is 2.28. The Morgan fingerprint density at radius 3 is 3.00 bits per heavy atom.